The molecule has 37 heavy (non-hydrogen) atoms. The van der Waals surface area contributed by atoms with Crippen molar-refractivity contribution >= 4 is 23.1 Å². The number of likely N-dealkylation sites (tertiary alicyclic amines) is 1. The zero-order valence-electron chi connectivity index (χ0n) is 20.6. The van der Waals surface area contributed by atoms with E-state index < -0.39 is 22.7 Å². The third-order valence-electron chi connectivity index (χ3n) is 6.24. The highest BCUT2D eigenvalue weighted by Crippen LogP contribution is 2.41. The molecule has 1 fully saturated rings. The van der Waals surface area contributed by atoms with Crippen LogP contribution < -0.4 is 4.74 Å². The highest BCUT2D eigenvalue weighted by Gasteiger charge is 2.46. The number of carbonyl (C=O) groups is 2. The van der Waals surface area contributed by atoms with Crippen molar-refractivity contribution in [2.24, 2.45) is 0 Å². The summed E-state index contributed by atoms with van der Waals surface area (Å²) in [6, 6.07) is 13.2. The SMILES string of the molecule is CCCCOc1ccc(/C(O)=C2\C(=O)C(=O)N(Cc3cccnc3)[C@H]2c2ccc([N+](=O)[O-])cc2)cc1C. The number of nitrogens with zero attached hydrogens (tertiary/aromatic N) is 3. The van der Waals surface area contributed by atoms with Crippen molar-refractivity contribution in [1.82, 2.24) is 9.88 Å². The first-order chi connectivity index (χ1) is 17.8. The smallest absolute Gasteiger partial charge is 0.295 e. The number of Topliss-reactive ketones (excluding diaryl/α,β-unsaturated/α-hetero) is 1. The molecule has 2 aromatic carbocycles. The number of aliphatic hydroxyl groups is 1. The highest BCUT2D eigenvalue weighted by molar-refractivity contribution is 6.46. The fourth-order valence-electron chi connectivity index (χ4n) is 4.30. The first-order valence-electron chi connectivity index (χ1n) is 12.0. The number of pyridine rings is 1. The van der Waals surface area contributed by atoms with Gasteiger partial charge in [0.05, 0.1) is 23.1 Å². The molecule has 1 atom stereocenters. The Morgan fingerprint density at radius 2 is 1.92 bits per heavy atom. The molecular weight excluding hydrogens is 474 g/mol. The number of non-ortho nitro benzene ring substituents is 1. The van der Waals surface area contributed by atoms with Gasteiger partial charge in [0.15, 0.2) is 0 Å². The largest absolute Gasteiger partial charge is 0.507 e. The van der Waals surface area contributed by atoms with E-state index in [4.69, 9.17) is 4.74 Å². The van der Waals surface area contributed by atoms with Gasteiger partial charge in [-0.15, -0.1) is 0 Å². The van der Waals surface area contributed by atoms with E-state index in [1.54, 1.807) is 42.7 Å². The zero-order chi connectivity index (χ0) is 26.5. The van der Waals surface area contributed by atoms with E-state index in [-0.39, 0.29) is 23.6 Å². The average molecular weight is 502 g/mol. The van der Waals surface area contributed by atoms with Gasteiger partial charge in [0, 0.05) is 36.6 Å². The van der Waals surface area contributed by atoms with Crippen molar-refractivity contribution in [2.45, 2.75) is 39.3 Å². The highest BCUT2D eigenvalue weighted by atomic mass is 16.6. The van der Waals surface area contributed by atoms with Gasteiger partial charge in [-0.3, -0.25) is 24.7 Å². The topological polar surface area (TPSA) is 123 Å². The molecule has 1 N–H and O–H groups in total. The van der Waals surface area contributed by atoms with Gasteiger partial charge in [0.1, 0.15) is 11.5 Å². The Morgan fingerprint density at radius 1 is 1.16 bits per heavy atom. The third-order valence-corrected chi connectivity index (χ3v) is 6.24. The van der Waals surface area contributed by atoms with Gasteiger partial charge in [0.25, 0.3) is 17.4 Å². The van der Waals surface area contributed by atoms with Gasteiger partial charge >= 0.3 is 0 Å². The molecule has 0 saturated carbocycles. The van der Waals surface area contributed by atoms with Crippen LogP contribution >= 0.6 is 0 Å². The van der Waals surface area contributed by atoms with Crippen LogP contribution in [0.4, 0.5) is 5.69 Å². The van der Waals surface area contributed by atoms with Crippen molar-refractivity contribution in [3.63, 3.8) is 0 Å². The van der Waals surface area contributed by atoms with Crippen LogP contribution in [0.15, 0.2) is 72.6 Å². The number of hydrogen-bond acceptors (Lipinski definition) is 7. The van der Waals surface area contributed by atoms with Crippen LogP contribution in [-0.4, -0.2) is 38.2 Å². The van der Waals surface area contributed by atoms with Crippen LogP contribution in [0, 0.1) is 17.0 Å². The lowest BCUT2D eigenvalue weighted by Gasteiger charge is -2.25. The van der Waals surface area contributed by atoms with Crippen molar-refractivity contribution in [1.29, 1.82) is 0 Å². The summed E-state index contributed by atoms with van der Waals surface area (Å²) in [5, 5.41) is 22.5. The molecule has 0 radical (unpaired) electrons. The van der Waals surface area contributed by atoms with Gasteiger partial charge in [-0.25, -0.2) is 0 Å². The zero-order valence-corrected chi connectivity index (χ0v) is 20.6. The van der Waals surface area contributed by atoms with E-state index in [0.29, 0.717) is 29.0 Å². The quantitative estimate of drug-likeness (QED) is 0.108. The number of unbranched alkanes of at least 4 members (excludes halogenated alkanes) is 1. The molecule has 0 aliphatic carbocycles. The summed E-state index contributed by atoms with van der Waals surface area (Å²) < 4.78 is 5.79. The number of benzene rings is 2. The Kier molecular flexibility index (Phi) is 7.62. The van der Waals surface area contributed by atoms with Crippen molar-refractivity contribution in [3.05, 3.63) is 105 Å². The molecule has 3 aromatic rings. The van der Waals surface area contributed by atoms with E-state index in [0.717, 1.165) is 18.4 Å². The van der Waals surface area contributed by atoms with Crippen LogP contribution in [0.3, 0.4) is 0 Å². The van der Waals surface area contributed by atoms with Crippen LogP contribution in [0.2, 0.25) is 0 Å². The third kappa shape index (κ3) is 5.35. The second-order valence-electron chi connectivity index (χ2n) is 8.82. The Hall–Kier alpha value is -4.53. The molecule has 0 spiro atoms. The normalized spacial score (nSPS) is 16.7. The Balaban J connectivity index is 1.79. The maximum absolute atomic E-state index is 13.2. The minimum absolute atomic E-state index is 0.0695. The molecule has 190 valence electrons. The molecular formula is C28H27N3O6. The number of aromatic nitrogens is 1. The fraction of sp³-hybridized carbons (Fsp3) is 0.250. The predicted molar refractivity (Wildman–Crippen MR) is 137 cm³/mol. The lowest BCUT2D eigenvalue weighted by atomic mass is 9.94. The lowest BCUT2D eigenvalue weighted by Crippen LogP contribution is -2.29. The van der Waals surface area contributed by atoms with Gasteiger partial charge in [-0.05, 0) is 66.4 Å². The van der Waals surface area contributed by atoms with Crippen LogP contribution in [0.1, 0.15) is 48.1 Å². The van der Waals surface area contributed by atoms with E-state index in [2.05, 4.69) is 11.9 Å². The van der Waals surface area contributed by atoms with E-state index in [1.165, 1.54) is 29.2 Å². The van der Waals surface area contributed by atoms with Crippen molar-refractivity contribution in [3.8, 4) is 5.75 Å². The van der Waals surface area contributed by atoms with E-state index >= 15 is 0 Å². The summed E-state index contributed by atoms with van der Waals surface area (Å²) in [5.41, 5.74) is 2.10. The van der Waals surface area contributed by atoms with Crippen LogP contribution in [0.25, 0.3) is 5.76 Å². The molecule has 9 nitrogen and oxygen atoms in total. The predicted octanol–water partition coefficient (Wildman–Crippen LogP) is 5.10. The standard InChI is InChI=1S/C28H27N3O6/c1-3-4-14-37-23-12-9-21(15-18(23)2)26(32)24-25(20-7-10-22(11-8-20)31(35)36)30(28(34)27(24)33)17-19-6-5-13-29-16-19/h5-13,15-16,25,32H,3-4,14,17H2,1-2H3/b26-24+/t25-/m0/s1. The number of rotatable bonds is 9. The maximum atomic E-state index is 13.2. The van der Waals surface area contributed by atoms with Gasteiger partial charge in [-0.2, -0.15) is 0 Å². The number of amides is 1. The molecule has 9 heteroatoms. The maximum Gasteiger partial charge on any atom is 0.295 e. The number of aryl methyl sites for hydroxylation is 1. The van der Waals surface area contributed by atoms with Crippen molar-refractivity contribution in [2.75, 3.05) is 6.61 Å². The number of hydrogen-bond donors (Lipinski definition) is 1. The van der Waals surface area contributed by atoms with Crippen LogP contribution in [-0.2, 0) is 16.1 Å². The number of aliphatic hydroxyl groups excluding tert-OH is 1. The molecule has 0 unspecified atom stereocenters. The lowest BCUT2D eigenvalue weighted by molar-refractivity contribution is -0.384. The summed E-state index contributed by atoms with van der Waals surface area (Å²) in [5.74, 6) is -1.25. The average Bonchev–Trinajstić information content (AvgIpc) is 3.14. The van der Waals surface area contributed by atoms with Crippen molar-refractivity contribution < 1.29 is 24.4 Å². The minimum atomic E-state index is -0.943. The van der Waals surface area contributed by atoms with Gasteiger partial charge in [-0.1, -0.05) is 19.4 Å². The molecule has 4 rings (SSSR count). The number of nitro benzene ring substituents is 1. The molecule has 1 saturated heterocycles. The first-order valence-corrected chi connectivity index (χ1v) is 12.0. The minimum Gasteiger partial charge on any atom is -0.507 e. The number of carbonyl (C=O) groups excluding carboxylic acids is 2. The summed E-state index contributed by atoms with van der Waals surface area (Å²) >= 11 is 0. The number of ketones is 1. The molecule has 1 aliphatic heterocycles. The molecule has 1 aliphatic rings. The summed E-state index contributed by atoms with van der Waals surface area (Å²) in [6.07, 6.45) is 5.10. The Labute approximate surface area is 214 Å². The summed E-state index contributed by atoms with van der Waals surface area (Å²) in [7, 11) is 0. The fourth-order valence-corrected chi connectivity index (χ4v) is 4.30. The van der Waals surface area contributed by atoms with E-state index in [9.17, 15) is 24.8 Å². The Morgan fingerprint density at radius 3 is 2.54 bits per heavy atom. The molecule has 0 bridgehead atoms. The van der Waals surface area contributed by atoms with Gasteiger partial charge < -0.3 is 14.7 Å². The summed E-state index contributed by atoms with van der Waals surface area (Å²) in [6.45, 7) is 4.55. The Bertz CT molecular complexity index is 1350. The second kappa shape index (κ2) is 11.0. The number of nitro groups is 1. The number of ether oxygens (including phenoxy) is 1. The first kappa shape index (κ1) is 25.6. The van der Waals surface area contributed by atoms with E-state index in [1.807, 2.05) is 6.92 Å². The monoisotopic (exact) mass is 501 g/mol. The molecule has 2 heterocycles. The van der Waals surface area contributed by atoms with Gasteiger partial charge in [0.2, 0.25) is 0 Å². The molecule has 1 amide bonds. The summed E-state index contributed by atoms with van der Waals surface area (Å²) in [4.78, 5) is 42.5. The second-order valence-corrected chi connectivity index (χ2v) is 8.82. The van der Waals surface area contributed by atoms with Crippen LogP contribution in [0.5, 0.6) is 5.75 Å². The molecule has 1 aromatic heterocycles.